The number of furan rings is 1. The van der Waals surface area contributed by atoms with E-state index in [1.165, 1.54) is 24.4 Å². The molecule has 1 aliphatic heterocycles. The van der Waals surface area contributed by atoms with Crippen LogP contribution in [0.25, 0.3) is 0 Å². The molecule has 1 aromatic heterocycles. The molecule has 2 heterocycles. The number of hydrogen-bond acceptors (Lipinski definition) is 6. The summed E-state index contributed by atoms with van der Waals surface area (Å²) in [6, 6.07) is 1.31. The number of ether oxygens (including phenoxy) is 1. The van der Waals surface area contributed by atoms with Crippen molar-refractivity contribution >= 4 is 16.0 Å². The first kappa shape index (κ1) is 15.5. The Kier molecular flexibility index (Phi) is 3.78. The highest BCUT2D eigenvalue weighted by molar-refractivity contribution is 7.89. The van der Waals surface area contributed by atoms with E-state index in [2.05, 4.69) is 4.74 Å². The highest BCUT2D eigenvalue weighted by Gasteiger charge is 2.45. The molecule has 2 N–H and O–H groups in total. The van der Waals surface area contributed by atoms with E-state index in [0.29, 0.717) is 19.0 Å². The van der Waals surface area contributed by atoms with Crippen LogP contribution >= 0.6 is 0 Å². The normalized spacial score (nSPS) is 28.8. The van der Waals surface area contributed by atoms with E-state index in [-0.39, 0.29) is 28.4 Å². The Morgan fingerprint density at radius 1 is 1.41 bits per heavy atom. The van der Waals surface area contributed by atoms with Crippen molar-refractivity contribution < 1.29 is 22.4 Å². The van der Waals surface area contributed by atoms with E-state index in [4.69, 9.17) is 10.2 Å². The molecule has 2 aliphatic rings. The van der Waals surface area contributed by atoms with Gasteiger partial charge in [0.25, 0.3) is 0 Å². The minimum absolute atomic E-state index is 0.0291. The van der Waals surface area contributed by atoms with E-state index in [0.717, 1.165) is 12.8 Å². The van der Waals surface area contributed by atoms with Crippen LogP contribution in [0.4, 0.5) is 0 Å². The maximum absolute atomic E-state index is 12.8. The average Bonchev–Trinajstić information content (AvgIpc) is 3.14. The van der Waals surface area contributed by atoms with Gasteiger partial charge in [0.1, 0.15) is 10.7 Å². The number of carbonyl (C=O) groups is 1. The minimum Gasteiger partial charge on any atom is -0.463 e. The third-order valence-corrected chi connectivity index (χ3v) is 6.69. The van der Waals surface area contributed by atoms with Crippen molar-refractivity contribution in [3.63, 3.8) is 0 Å². The molecule has 1 saturated carbocycles. The quantitative estimate of drug-likeness (QED) is 0.821. The van der Waals surface area contributed by atoms with Gasteiger partial charge in [0.05, 0.1) is 7.11 Å². The van der Waals surface area contributed by atoms with Crippen LogP contribution in [0.1, 0.15) is 29.2 Å². The maximum atomic E-state index is 12.8. The molecular weight excluding hydrogens is 308 g/mol. The first-order valence-electron chi connectivity index (χ1n) is 7.29. The van der Waals surface area contributed by atoms with Gasteiger partial charge in [0.2, 0.25) is 15.8 Å². The molecule has 122 valence electrons. The molecule has 7 nitrogen and oxygen atoms in total. The van der Waals surface area contributed by atoms with Gasteiger partial charge in [-0.25, -0.2) is 13.2 Å². The number of esters is 1. The molecule has 3 rings (SSSR count). The summed E-state index contributed by atoms with van der Waals surface area (Å²) in [6.07, 6.45) is 1.93. The summed E-state index contributed by atoms with van der Waals surface area (Å²) in [5, 5.41) is 0. The fourth-order valence-electron chi connectivity index (χ4n) is 3.52. The number of methoxy groups -OCH3 is 1. The van der Waals surface area contributed by atoms with Gasteiger partial charge in [-0.15, -0.1) is 0 Å². The number of aryl methyl sites for hydroxylation is 1. The topological polar surface area (TPSA) is 103 Å². The number of fused-ring (bicyclic) bond motifs is 1. The predicted octanol–water partition coefficient (Wildman–Crippen LogP) is 0.732. The zero-order valence-corrected chi connectivity index (χ0v) is 13.4. The Bertz CT molecular complexity index is 696. The number of hydrogen-bond donors (Lipinski definition) is 1. The van der Waals surface area contributed by atoms with Crippen molar-refractivity contribution in [3.8, 4) is 0 Å². The van der Waals surface area contributed by atoms with Gasteiger partial charge in [0, 0.05) is 25.2 Å². The first-order valence-corrected chi connectivity index (χ1v) is 8.73. The molecule has 0 amide bonds. The molecule has 1 aliphatic carbocycles. The van der Waals surface area contributed by atoms with Gasteiger partial charge in [0.15, 0.2) is 0 Å². The average molecular weight is 328 g/mol. The van der Waals surface area contributed by atoms with Crippen molar-refractivity contribution in [1.29, 1.82) is 0 Å². The Hall–Kier alpha value is -1.38. The lowest BCUT2D eigenvalue weighted by atomic mass is 9.98. The smallest absolute Gasteiger partial charge is 0.373 e. The Balaban J connectivity index is 1.88. The predicted molar refractivity (Wildman–Crippen MR) is 77.7 cm³/mol. The van der Waals surface area contributed by atoms with Gasteiger partial charge in [-0.1, -0.05) is 0 Å². The Labute approximate surface area is 129 Å². The van der Waals surface area contributed by atoms with Crippen LogP contribution in [0.2, 0.25) is 0 Å². The van der Waals surface area contributed by atoms with Gasteiger partial charge >= 0.3 is 5.97 Å². The van der Waals surface area contributed by atoms with E-state index in [9.17, 15) is 13.2 Å². The molecule has 1 aromatic rings. The van der Waals surface area contributed by atoms with Crippen LogP contribution in [0, 0.1) is 18.8 Å². The summed E-state index contributed by atoms with van der Waals surface area (Å²) in [5.41, 5.74) is 6.05. The molecule has 3 unspecified atom stereocenters. The van der Waals surface area contributed by atoms with Crippen LogP contribution in [-0.2, 0) is 14.8 Å². The lowest BCUT2D eigenvalue weighted by Gasteiger charge is -2.18. The van der Waals surface area contributed by atoms with Gasteiger partial charge in [-0.2, -0.15) is 4.31 Å². The molecule has 2 fully saturated rings. The fourth-order valence-corrected chi connectivity index (χ4v) is 5.22. The zero-order chi connectivity index (χ0) is 16.1. The van der Waals surface area contributed by atoms with Crippen LogP contribution in [0.15, 0.2) is 15.4 Å². The van der Waals surface area contributed by atoms with Crippen LogP contribution in [-0.4, -0.2) is 44.9 Å². The van der Waals surface area contributed by atoms with Gasteiger partial charge in [-0.05, 0) is 31.6 Å². The van der Waals surface area contributed by atoms with Gasteiger partial charge in [-0.3, -0.25) is 0 Å². The van der Waals surface area contributed by atoms with Crippen LogP contribution < -0.4 is 5.73 Å². The summed E-state index contributed by atoms with van der Waals surface area (Å²) in [4.78, 5) is 11.5. The second-order valence-electron chi connectivity index (χ2n) is 6.01. The maximum Gasteiger partial charge on any atom is 0.373 e. The van der Waals surface area contributed by atoms with Crippen molar-refractivity contribution in [2.75, 3.05) is 20.2 Å². The SMILES string of the molecule is COC(=O)c1cc(S(=O)(=O)N2CC3CCC(N)C3C2)c(C)o1. The molecule has 3 atom stereocenters. The highest BCUT2D eigenvalue weighted by Crippen LogP contribution is 2.39. The molecule has 1 saturated heterocycles. The molecule has 0 spiro atoms. The molecule has 22 heavy (non-hydrogen) atoms. The second-order valence-corrected chi connectivity index (χ2v) is 7.92. The van der Waals surface area contributed by atoms with Crippen LogP contribution in [0.3, 0.4) is 0 Å². The Morgan fingerprint density at radius 3 is 2.77 bits per heavy atom. The van der Waals surface area contributed by atoms with Crippen molar-refractivity contribution in [2.24, 2.45) is 17.6 Å². The molecule has 0 radical (unpaired) electrons. The lowest BCUT2D eigenvalue weighted by Crippen LogP contribution is -2.33. The van der Waals surface area contributed by atoms with E-state index >= 15 is 0 Å². The zero-order valence-electron chi connectivity index (χ0n) is 12.6. The van der Waals surface area contributed by atoms with E-state index in [1.807, 2.05) is 0 Å². The van der Waals surface area contributed by atoms with Crippen molar-refractivity contribution in [3.05, 3.63) is 17.6 Å². The minimum atomic E-state index is -3.68. The fraction of sp³-hybridized carbons (Fsp3) is 0.643. The van der Waals surface area contributed by atoms with Crippen molar-refractivity contribution in [1.82, 2.24) is 4.31 Å². The lowest BCUT2D eigenvalue weighted by molar-refractivity contribution is 0.0563. The standard InChI is InChI=1S/C14H20N2O5S/c1-8-13(5-12(21-8)14(17)20-2)22(18,19)16-6-9-3-4-11(15)10(9)7-16/h5,9-11H,3-4,6-7,15H2,1-2H3. The Morgan fingerprint density at radius 2 is 2.14 bits per heavy atom. The number of carbonyl (C=O) groups excluding carboxylic acids is 1. The second kappa shape index (κ2) is 5.36. The third kappa shape index (κ3) is 2.35. The molecule has 0 bridgehead atoms. The van der Waals surface area contributed by atoms with E-state index < -0.39 is 16.0 Å². The largest absolute Gasteiger partial charge is 0.463 e. The monoisotopic (exact) mass is 328 g/mol. The number of nitrogens with two attached hydrogens (primary N) is 1. The highest BCUT2D eigenvalue weighted by atomic mass is 32.2. The summed E-state index contributed by atoms with van der Waals surface area (Å²) in [5.74, 6) is -0.0413. The van der Waals surface area contributed by atoms with Gasteiger partial charge < -0.3 is 14.9 Å². The van der Waals surface area contributed by atoms with Crippen LogP contribution in [0.5, 0.6) is 0 Å². The van der Waals surface area contributed by atoms with E-state index in [1.54, 1.807) is 0 Å². The summed E-state index contributed by atoms with van der Waals surface area (Å²) in [6.45, 7) is 2.45. The number of sulfonamides is 1. The first-order chi connectivity index (χ1) is 10.3. The number of rotatable bonds is 3. The summed E-state index contributed by atoms with van der Waals surface area (Å²) in [7, 11) is -2.46. The molecule has 8 heteroatoms. The van der Waals surface area contributed by atoms with Crippen molar-refractivity contribution in [2.45, 2.75) is 30.7 Å². The number of nitrogens with zero attached hydrogens (tertiary/aromatic N) is 1. The third-order valence-electron chi connectivity index (χ3n) is 4.76. The molecular formula is C14H20N2O5S. The summed E-state index contributed by atoms with van der Waals surface area (Å²) < 4.78 is 36.8. The molecule has 0 aromatic carbocycles. The summed E-state index contributed by atoms with van der Waals surface area (Å²) >= 11 is 0.